The number of nitrogen functional groups attached to an aromatic ring is 1. The first-order valence-corrected chi connectivity index (χ1v) is 5.81. The second-order valence-electron chi connectivity index (χ2n) is 4.11. The third-order valence-electron chi connectivity index (χ3n) is 2.61. The van der Waals surface area contributed by atoms with E-state index in [2.05, 4.69) is 10.4 Å². The molecule has 1 heterocycles. The molecule has 94 valence electrons. The molecule has 1 amide bonds. The van der Waals surface area contributed by atoms with Gasteiger partial charge in [-0.2, -0.15) is 5.10 Å². The lowest BCUT2D eigenvalue weighted by atomic mass is 10.2. The Bertz CT molecular complexity index is 574. The zero-order valence-corrected chi connectivity index (χ0v) is 10.5. The molecule has 0 aliphatic rings. The van der Waals surface area contributed by atoms with Gasteiger partial charge in [0.15, 0.2) is 5.69 Å². The molecule has 1 aromatic carbocycles. The van der Waals surface area contributed by atoms with Crippen LogP contribution in [-0.4, -0.2) is 15.7 Å². The molecule has 0 bridgehead atoms. The molecular formula is C13H16N4O. The highest BCUT2D eigenvalue weighted by atomic mass is 16.2. The minimum atomic E-state index is -0.287. The van der Waals surface area contributed by atoms with Gasteiger partial charge in [-0.3, -0.25) is 9.48 Å². The van der Waals surface area contributed by atoms with Crippen LogP contribution in [0.25, 0.3) is 0 Å². The number of benzene rings is 1. The molecule has 0 radical (unpaired) electrons. The Morgan fingerprint density at radius 1 is 1.50 bits per heavy atom. The average Bonchev–Trinajstić information content (AvgIpc) is 2.70. The maximum atomic E-state index is 12.0. The lowest BCUT2D eigenvalue weighted by Gasteiger charge is -2.04. The number of amides is 1. The average molecular weight is 244 g/mol. The largest absolute Gasteiger partial charge is 0.396 e. The number of nitrogens with two attached hydrogens (primary N) is 1. The number of nitrogens with zero attached hydrogens (tertiary/aromatic N) is 2. The van der Waals surface area contributed by atoms with E-state index >= 15 is 0 Å². The standard InChI is InChI=1S/C13H16N4O/c1-3-17-8-11(14)12(16-17)13(18)15-10-6-4-5-9(2)7-10/h4-8H,3,14H2,1-2H3,(H,15,18). The van der Waals surface area contributed by atoms with E-state index in [1.807, 2.05) is 38.1 Å². The molecule has 0 aliphatic carbocycles. The van der Waals surface area contributed by atoms with Crippen LogP contribution in [0.4, 0.5) is 11.4 Å². The zero-order chi connectivity index (χ0) is 13.1. The van der Waals surface area contributed by atoms with Crippen LogP contribution in [-0.2, 0) is 6.54 Å². The van der Waals surface area contributed by atoms with Crippen molar-refractivity contribution in [2.75, 3.05) is 11.1 Å². The fourth-order valence-corrected chi connectivity index (χ4v) is 1.69. The van der Waals surface area contributed by atoms with Crippen LogP contribution in [0.3, 0.4) is 0 Å². The summed E-state index contributed by atoms with van der Waals surface area (Å²) in [6, 6.07) is 7.58. The molecule has 0 aliphatic heterocycles. The van der Waals surface area contributed by atoms with Gasteiger partial charge >= 0.3 is 0 Å². The van der Waals surface area contributed by atoms with E-state index in [-0.39, 0.29) is 11.6 Å². The van der Waals surface area contributed by atoms with E-state index in [0.717, 1.165) is 11.3 Å². The maximum absolute atomic E-state index is 12.0. The molecule has 0 unspecified atom stereocenters. The summed E-state index contributed by atoms with van der Waals surface area (Å²) in [5.41, 5.74) is 8.23. The van der Waals surface area contributed by atoms with Gasteiger partial charge in [-0.1, -0.05) is 12.1 Å². The summed E-state index contributed by atoms with van der Waals surface area (Å²) >= 11 is 0. The summed E-state index contributed by atoms with van der Waals surface area (Å²) in [5, 5.41) is 6.91. The van der Waals surface area contributed by atoms with E-state index in [0.29, 0.717) is 12.2 Å². The van der Waals surface area contributed by atoms with Crippen LogP contribution in [0, 0.1) is 6.92 Å². The Balaban J connectivity index is 2.19. The number of aryl methyl sites for hydroxylation is 2. The first kappa shape index (κ1) is 12.2. The van der Waals surface area contributed by atoms with Crippen molar-refractivity contribution in [1.82, 2.24) is 9.78 Å². The van der Waals surface area contributed by atoms with Gasteiger partial charge in [-0.25, -0.2) is 0 Å². The number of hydrogen-bond donors (Lipinski definition) is 2. The molecule has 0 saturated heterocycles. The third kappa shape index (κ3) is 2.51. The van der Waals surface area contributed by atoms with Crippen molar-refractivity contribution in [3.63, 3.8) is 0 Å². The van der Waals surface area contributed by atoms with Crippen LogP contribution in [0.2, 0.25) is 0 Å². The van der Waals surface area contributed by atoms with E-state index in [9.17, 15) is 4.79 Å². The monoisotopic (exact) mass is 244 g/mol. The van der Waals surface area contributed by atoms with Crippen molar-refractivity contribution in [2.24, 2.45) is 0 Å². The predicted molar refractivity (Wildman–Crippen MR) is 71.4 cm³/mol. The van der Waals surface area contributed by atoms with Crippen LogP contribution in [0.5, 0.6) is 0 Å². The Hall–Kier alpha value is -2.30. The zero-order valence-electron chi connectivity index (χ0n) is 10.5. The van der Waals surface area contributed by atoms with Gasteiger partial charge in [0.25, 0.3) is 5.91 Å². The molecule has 5 heteroatoms. The summed E-state index contributed by atoms with van der Waals surface area (Å²) < 4.78 is 1.64. The Morgan fingerprint density at radius 3 is 2.89 bits per heavy atom. The third-order valence-corrected chi connectivity index (χ3v) is 2.61. The van der Waals surface area contributed by atoms with Gasteiger partial charge in [0.05, 0.1) is 5.69 Å². The molecule has 3 N–H and O–H groups in total. The molecule has 0 fully saturated rings. The molecule has 18 heavy (non-hydrogen) atoms. The molecular weight excluding hydrogens is 228 g/mol. The van der Waals surface area contributed by atoms with Crippen molar-refractivity contribution in [3.05, 3.63) is 41.7 Å². The van der Waals surface area contributed by atoms with Crippen molar-refractivity contribution in [3.8, 4) is 0 Å². The number of hydrogen-bond acceptors (Lipinski definition) is 3. The topological polar surface area (TPSA) is 72.9 Å². The quantitative estimate of drug-likeness (QED) is 0.867. The summed E-state index contributed by atoms with van der Waals surface area (Å²) in [7, 11) is 0. The van der Waals surface area contributed by atoms with Crippen LogP contribution >= 0.6 is 0 Å². The Morgan fingerprint density at radius 2 is 2.28 bits per heavy atom. The number of rotatable bonds is 3. The van der Waals surface area contributed by atoms with Gasteiger partial charge in [-0.15, -0.1) is 0 Å². The Labute approximate surface area is 106 Å². The Kier molecular flexibility index (Phi) is 3.32. The number of anilines is 2. The fourth-order valence-electron chi connectivity index (χ4n) is 1.69. The second kappa shape index (κ2) is 4.91. The summed E-state index contributed by atoms with van der Waals surface area (Å²) in [6.45, 7) is 4.59. The van der Waals surface area contributed by atoms with Gasteiger partial charge < -0.3 is 11.1 Å². The normalized spacial score (nSPS) is 10.3. The number of nitrogens with one attached hydrogen (secondary N) is 1. The van der Waals surface area contributed by atoms with Crippen molar-refractivity contribution >= 4 is 17.3 Å². The highest BCUT2D eigenvalue weighted by molar-refractivity contribution is 6.06. The highest BCUT2D eigenvalue weighted by Gasteiger charge is 2.14. The van der Waals surface area contributed by atoms with Gasteiger partial charge in [0.1, 0.15) is 0 Å². The number of carbonyl (C=O) groups excluding carboxylic acids is 1. The predicted octanol–water partition coefficient (Wildman–Crippen LogP) is 2.05. The van der Waals surface area contributed by atoms with Crippen molar-refractivity contribution < 1.29 is 4.79 Å². The van der Waals surface area contributed by atoms with E-state index < -0.39 is 0 Å². The minimum absolute atomic E-state index is 0.262. The molecule has 0 spiro atoms. The number of aromatic nitrogens is 2. The highest BCUT2D eigenvalue weighted by Crippen LogP contribution is 2.14. The van der Waals surface area contributed by atoms with Crippen LogP contribution < -0.4 is 11.1 Å². The van der Waals surface area contributed by atoms with E-state index in [1.165, 1.54) is 0 Å². The van der Waals surface area contributed by atoms with Crippen LogP contribution in [0.15, 0.2) is 30.5 Å². The number of carbonyl (C=O) groups is 1. The SMILES string of the molecule is CCn1cc(N)c(C(=O)Nc2cccc(C)c2)n1. The second-order valence-corrected chi connectivity index (χ2v) is 4.11. The van der Waals surface area contributed by atoms with E-state index in [1.54, 1.807) is 10.9 Å². The minimum Gasteiger partial charge on any atom is -0.396 e. The summed E-state index contributed by atoms with van der Waals surface area (Å²) in [4.78, 5) is 12.0. The molecule has 0 saturated carbocycles. The molecule has 2 rings (SSSR count). The van der Waals surface area contributed by atoms with Gasteiger partial charge in [-0.05, 0) is 31.5 Å². The van der Waals surface area contributed by atoms with Crippen molar-refractivity contribution in [2.45, 2.75) is 20.4 Å². The molecule has 2 aromatic rings. The lowest BCUT2D eigenvalue weighted by Crippen LogP contribution is -2.14. The fraction of sp³-hybridized carbons (Fsp3) is 0.231. The first-order valence-electron chi connectivity index (χ1n) is 5.81. The van der Waals surface area contributed by atoms with E-state index in [4.69, 9.17) is 5.73 Å². The lowest BCUT2D eigenvalue weighted by molar-refractivity contribution is 0.102. The summed E-state index contributed by atoms with van der Waals surface area (Å²) in [6.07, 6.45) is 1.66. The van der Waals surface area contributed by atoms with Crippen molar-refractivity contribution in [1.29, 1.82) is 0 Å². The summed E-state index contributed by atoms with van der Waals surface area (Å²) in [5.74, 6) is -0.287. The van der Waals surface area contributed by atoms with Crippen LogP contribution in [0.1, 0.15) is 23.0 Å². The molecule has 0 atom stereocenters. The van der Waals surface area contributed by atoms with Gasteiger partial charge in [0, 0.05) is 18.4 Å². The first-order chi connectivity index (χ1) is 8.60. The smallest absolute Gasteiger partial charge is 0.278 e. The van der Waals surface area contributed by atoms with Gasteiger partial charge in [0.2, 0.25) is 0 Å². The molecule has 5 nitrogen and oxygen atoms in total. The maximum Gasteiger partial charge on any atom is 0.278 e. The molecule has 1 aromatic heterocycles.